The van der Waals surface area contributed by atoms with Gasteiger partial charge in [0.1, 0.15) is 18.1 Å². The van der Waals surface area contributed by atoms with Crippen LogP contribution in [0.3, 0.4) is 0 Å². The molecule has 5 atom stereocenters. The number of hydrogen-bond donors (Lipinski definition) is 8. The van der Waals surface area contributed by atoms with Gasteiger partial charge >= 0.3 is 12.0 Å². The molecule has 0 radical (unpaired) electrons. The first kappa shape index (κ1) is 33.8. The van der Waals surface area contributed by atoms with E-state index in [1.54, 1.807) is 30.3 Å². The highest BCUT2D eigenvalue weighted by Crippen LogP contribution is 2.11. The summed E-state index contributed by atoms with van der Waals surface area (Å²) in [5, 5.41) is 33.2. The summed E-state index contributed by atoms with van der Waals surface area (Å²) in [6.45, 7) is 3.81. The van der Waals surface area contributed by atoms with E-state index < -0.39 is 54.0 Å². The minimum Gasteiger partial charge on any atom is -0.480 e. The first-order chi connectivity index (χ1) is 21.0. The van der Waals surface area contributed by atoms with Gasteiger partial charge in [-0.2, -0.15) is 0 Å². The van der Waals surface area contributed by atoms with Gasteiger partial charge in [-0.15, -0.1) is 0 Å². The molecule has 0 fully saturated rings. The zero-order valence-electron chi connectivity index (χ0n) is 25.0. The average Bonchev–Trinajstić information content (AvgIpc) is 2.99. The molecular weight excluding hydrogens is 566 g/mol. The SMILES string of the molecule is CC(C)C[C@H](NC(=O)[C@@H](NC(=O)N[C@@H](Cc1ccccc1)C(=O)O)[C@@H]1CCN=C(N)N1)C(=O)N[C@H](CO)Cc1ccccc1. The van der Waals surface area contributed by atoms with Crippen molar-refractivity contribution in [2.24, 2.45) is 16.6 Å². The molecule has 1 aliphatic rings. The van der Waals surface area contributed by atoms with Gasteiger partial charge in [0.2, 0.25) is 11.8 Å². The van der Waals surface area contributed by atoms with Crippen LogP contribution in [0.4, 0.5) is 4.79 Å². The quantitative estimate of drug-likeness (QED) is 0.140. The van der Waals surface area contributed by atoms with Crippen molar-refractivity contribution in [3.63, 3.8) is 0 Å². The molecule has 13 heteroatoms. The van der Waals surface area contributed by atoms with Crippen LogP contribution in [0.1, 0.15) is 37.8 Å². The smallest absolute Gasteiger partial charge is 0.326 e. The molecule has 2 aromatic rings. The summed E-state index contributed by atoms with van der Waals surface area (Å²) < 4.78 is 0. The van der Waals surface area contributed by atoms with Crippen LogP contribution in [0.5, 0.6) is 0 Å². The van der Waals surface area contributed by atoms with Gasteiger partial charge < -0.3 is 42.5 Å². The van der Waals surface area contributed by atoms with Crippen LogP contribution < -0.4 is 32.3 Å². The Bertz CT molecular complexity index is 1270. The number of aliphatic hydroxyl groups excluding tert-OH is 1. The van der Waals surface area contributed by atoms with Crippen LogP contribution >= 0.6 is 0 Å². The number of nitrogens with one attached hydrogen (secondary N) is 5. The van der Waals surface area contributed by atoms with Crippen LogP contribution in [0, 0.1) is 5.92 Å². The zero-order valence-corrected chi connectivity index (χ0v) is 25.0. The molecule has 1 aliphatic heterocycles. The van der Waals surface area contributed by atoms with Crippen LogP contribution in [0.25, 0.3) is 0 Å². The van der Waals surface area contributed by atoms with Crippen LogP contribution in [-0.4, -0.2) is 83.3 Å². The predicted molar refractivity (Wildman–Crippen MR) is 166 cm³/mol. The Kier molecular flexibility index (Phi) is 13.0. The molecule has 0 bridgehead atoms. The molecular formula is C31H43N7O6. The number of nitrogens with zero attached hydrogens (tertiary/aromatic N) is 1. The molecule has 0 unspecified atom stereocenters. The normalized spacial score (nSPS) is 17.2. The Morgan fingerprint density at radius 1 is 0.886 bits per heavy atom. The lowest BCUT2D eigenvalue weighted by Gasteiger charge is -2.32. The topological polar surface area (TPSA) is 207 Å². The van der Waals surface area contributed by atoms with Crippen molar-refractivity contribution in [1.29, 1.82) is 0 Å². The molecule has 0 aliphatic carbocycles. The van der Waals surface area contributed by atoms with Gasteiger partial charge in [0, 0.05) is 13.0 Å². The monoisotopic (exact) mass is 609 g/mol. The number of benzene rings is 2. The lowest BCUT2D eigenvalue weighted by molar-refractivity contribution is -0.139. The summed E-state index contributed by atoms with van der Waals surface area (Å²) in [5.74, 6) is -2.26. The van der Waals surface area contributed by atoms with Crippen molar-refractivity contribution in [2.75, 3.05) is 13.2 Å². The summed E-state index contributed by atoms with van der Waals surface area (Å²) in [4.78, 5) is 56.2. The molecule has 3 rings (SSSR count). The maximum Gasteiger partial charge on any atom is 0.326 e. The Hall–Kier alpha value is -4.65. The van der Waals surface area contributed by atoms with Crippen molar-refractivity contribution in [2.45, 2.75) is 69.7 Å². The van der Waals surface area contributed by atoms with Crippen LogP contribution in [0.15, 0.2) is 65.7 Å². The third kappa shape index (κ3) is 10.9. The van der Waals surface area contributed by atoms with E-state index in [1.165, 1.54) is 0 Å². The second-order valence-corrected chi connectivity index (χ2v) is 11.3. The number of rotatable bonds is 15. The lowest BCUT2D eigenvalue weighted by Crippen LogP contribution is -2.64. The number of aliphatic carboxylic acids is 1. The summed E-state index contributed by atoms with van der Waals surface area (Å²) in [6, 6.07) is 12.7. The standard InChI is InChI=1S/C31H43N7O6/c1-19(2)15-24(27(40)34-22(18-39)16-20-9-5-3-6-10-20)35-28(41)26(23-13-14-33-30(32)36-23)38-31(44)37-25(29(42)43)17-21-11-7-4-8-12-21/h3-12,19,22-26,39H,13-18H2,1-2H3,(H,34,40)(H,35,41)(H,42,43)(H3,32,33,36)(H2,37,38,44)/t22-,23-,24-,25-,26-/m0/s1. The largest absolute Gasteiger partial charge is 0.480 e. The Balaban J connectivity index is 1.74. The van der Waals surface area contributed by atoms with E-state index in [9.17, 15) is 29.4 Å². The predicted octanol–water partition coefficient (Wildman–Crippen LogP) is 0.277. The van der Waals surface area contributed by atoms with Gasteiger partial charge in [-0.25, -0.2) is 9.59 Å². The summed E-state index contributed by atoms with van der Waals surface area (Å²) in [7, 11) is 0. The van der Waals surface area contributed by atoms with E-state index in [-0.39, 0.29) is 24.9 Å². The Morgan fingerprint density at radius 3 is 2.05 bits per heavy atom. The summed E-state index contributed by atoms with van der Waals surface area (Å²) in [5.41, 5.74) is 7.51. The highest BCUT2D eigenvalue weighted by molar-refractivity contribution is 5.93. The Morgan fingerprint density at radius 2 is 1.50 bits per heavy atom. The number of nitrogens with two attached hydrogens (primary N) is 1. The minimum absolute atomic E-state index is 0.0207. The number of hydrogen-bond acceptors (Lipinski definition) is 8. The maximum atomic E-state index is 13.7. The minimum atomic E-state index is -1.26. The van der Waals surface area contributed by atoms with Crippen molar-refractivity contribution >= 4 is 29.8 Å². The third-order valence-corrected chi connectivity index (χ3v) is 7.14. The van der Waals surface area contributed by atoms with E-state index in [1.807, 2.05) is 44.2 Å². The number of carboxylic acids is 1. The molecule has 238 valence electrons. The van der Waals surface area contributed by atoms with E-state index in [2.05, 4.69) is 31.6 Å². The lowest BCUT2D eigenvalue weighted by atomic mass is 9.99. The second-order valence-electron chi connectivity index (χ2n) is 11.3. The highest BCUT2D eigenvalue weighted by Gasteiger charge is 2.35. The van der Waals surface area contributed by atoms with Crippen molar-refractivity contribution < 1.29 is 29.4 Å². The highest BCUT2D eigenvalue weighted by atomic mass is 16.4. The fraction of sp³-hybridized carbons (Fsp3) is 0.452. The first-order valence-electron chi connectivity index (χ1n) is 14.7. The molecule has 13 nitrogen and oxygen atoms in total. The van der Waals surface area contributed by atoms with E-state index >= 15 is 0 Å². The number of amides is 4. The van der Waals surface area contributed by atoms with Gasteiger partial charge in [0.15, 0.2) is 5.96 Å². The molecule has 0 saturated carbocycles. The molecule has 0 saturated heterocycles. The van der Waals surface area contributed by atoms with Gasteiger partial charge in [0.25, 0.3) is 0 Å². The molecule has 1 heterocycles. The van der Waals surface area contributed by atoms with E-state index in [0.717, 1.165) is 5.56 Å². The third-order valence-electron chi connectivity index (χ3n) is 7.14. The fourth-order valence-electron chi connectivity index (χ4n) is 4.95. The van der Waals surface area contributed by atoms with Crippen molar-refractivity contribution in [3.05, 3.63) is 71.8 Å². The molecule has 4 amide bonds. The van der Waals surface area contributed by atoms with E-state index in [4.69, 9.17) is 5.73 Å². The molecule has 9 N–H and O–H groups in total. The molecule has 0 aromatic heterocycles. The molecule has 44 heavy (non-hydrogen) atoms. The van der Waals surface area contributed by atoms with Gasteiger partial charge in [-0.3, -0.25) is 14.6 Å². The Labute approximate surface area is 257 Å². The van der Waals surface area contributed by atoms with Gasteiger partial charge in [0.05, 0.1) is 18.7 Å². The number of aliphatic hydroxyl groups is 1. The van der Waals surface area contributed by atoms with Gasteiger partial charge in [-0.1, -0.05) is 74.5 Å². The molecule has 2 aromatic carbocycles. The van der Waals surface area contributed by atoms with Crippen molar-refractivity contribution in [3.8, 4) is 0 Å². The maximum absolute atomic E-state index is 13.7. The van der Waals surface area contributed by atoms with Crippen molar-refractivity contribution in [1.82, 2.24) is 26.6 Å². The number of carbonyl (C=O) groups is 4. The average molecular weight is 610 g/mol. The fourth-order valence-corrected chi connectivity index (χ4v) is 4.95. The number of guanidine groups is 1. The number of carboxylic acid groups (broad SMARTS) is 1. The summed E-state index contributed by atoms with van der Waals surface area (Å²) >= 11 is 0. The van der Waals surface area contributed by atoms with Crippen LogP contribution in [-0.2, 0) is 27.2 Å². The molecule has 0 spiro atoms. The van der Waals surface area contributed by atoms with E-state index in [0.29, 0.717) is 31.4 Å². The second kappa shape index (κ2) is 16.8. The summed E-state index contributed by atoms with van der Waals surface area (Å²) in [6.07, 6.45) is 1.07. The number of urea groups is 1. The first-order valence-corrected chi connectivity index (χ1v) is 14.7. The number of carbonyl (C=O) groups excluding carboxylic acids is 3. The van der Waals surface area contributed by atoms with Crippen LogP contribution in [0.2, 0.25) is 0 Å². The zero-order chi connectivity index (χ0) is 32.1. The van der Waals surface area contributed by atoms with Gasteiger partial charge in [-0.05, 0) is 36.3 Å². The number of aliphatic imine (C=N–C) groups is 1.